The summed E-state index contributed by atoms with van der Waals surface area (Å²) in [4.78, 5) is 0. The number of rotatable bonds is 5. The van der Waals surface area contributed by atoms with Gasteiger partial charge in [-0.2, -0.15) is 0 Å². The first kappa shape index (κ1) is 22.6. The number of fused-ring (bicyclic) bond motifs is 5. The van der Waals surface area contributed by atoms with Crippen molar-refractivity contribution < 1.29 is 15.3 Å². The topological polar surface area (TPSA) is 60.7 Å². The van der Waals surface area contributed by atoms with Gasteiger partial charge in [0.05, 0.1) is 11.7 Å². The summed E-state index contributed by atoms with van der Waals surface area (Å²) in [5, 5.41) is 30.9. The monoisotopic (exact) mass is 416 g/mol. The predicted molar refractivity (Wildman–Crippen MR) is 122 cm³/mol. The lowest BCUT2D eigenvalue weighted by Gasteiger charge is -2.56. The second-order valence-corrected chi connectivity index (χ2v) is 12.3. The quantitative estimate of drug-likeness (QED) is 0.563. The molecule has 0 heterocycles. The lowest BCUT2D eigenvalue weighted by molar-refractivity contribution is -0.0284. The van der Waals surface area contributed by atoms with Crippen LogP contribution in [-0.4, -0.2) is 33.1 Å². The van der Waals surface area contributed by atoms with Crippen LogP contribution in [0.3, 0.4) is 0 Å². The third-order valence-corrected chi connectivity index (χ3v) is 9.85. The molecule has 0 radical (unpaired) electrons. The fourth-order valence-electron chi connectivity index (χ4n) is 8.09. The van der Waals surface area contributed by atoms with E-state index < -0.39 is 17.8 Å². The Morgan fingerprint density at radius 1 is 1.03 bits per heavy atom. The largest absolute Gasteiger partial charge is 0.390 e. The minimum Gasteiger partial charge on any atom is -0.390 e. The Balaban J connectivity index is 1.53. The molecular formula is C27H44O3. The summed E-state index contributed by atoms with van der Waals surface area (Å²) in [7, 11) is 0. The molecule has 0 aliphatic heterocycles. The van der Waals surface area contributed by atoms with Crippen molar-refractivity contribution in [2.75, 3.05) is 0 Å². The summed E-state index contributed by atoms with van der Waals surface area (Å²) < 4.78 is 0. The van der Waals surface area contributed by atoms with Crippen LogP contribution in [0.15, 0.2) is 23.3 Å². The Labute approximate surface area is 183 Å². The Morgan fingerprint density at radius 2 is 1.77 bits per heavy atom. The maximum Gasteiger partial charge on any atom is 0.102 e. The highest BCUT2D eigenvalue weighted by atomic mass is 16.3. The number of aliphatic hydroxyl groups is 3. The Morgan fingerprint density at radius 3 is 2.47 bits per heavy atom. The average Bonchev–Trinajstić information content (AvgIpc) is 3.01. The van der Waals surface area contributed by atoms with Gasteiger partial charge in [0.1, 0.15) is 6.10 Å². The van der Waals surface area contributed by atoms with E-state index in [2.05, 4.69) is 32.9 Å². The third kappa shape index (κ3) is 3.63. The van der Waals surface area contributed by atoms with Crippen LogP contribution in [0, 0.1) is 34.5 Å². The number of aliphatic hydroxyl groups excluding tert-OH is 2. The summed E-state index contributed by atoms with van der Waals surface area (Å²) in [5.41, 5.74) is 2.56. The van der Waals surface area contributed by atoms with Crippen LogP contribution in [0.1, 0.15) is 92.4 Å². The fourth-order valence-corrected chi connectivity index (χ4v) is 8.09. The highest BCUT2D eigenvalue weighted by Gasteiger charge is 2.57. The molecule has 3 fully saturated rings. The molecule has 3 heteroatoms. The van der Waals surface area contributed by atoms with Crippen molar-refractivity contribution in [1.82, 2.24) is 0 Å². The van der Waals surface area contributed by atoms with E-state index in [4.69, 9.17) is 0 Å². The molecule has 4 aliphatic rings. The minimum atomic E-state index is -0.693. The van der Waals surface area contributed by atoms with E-state index in [-0.39, 0.29) is 5.41 Å². The van der Waals surface area contributed by atoms with Crippen molar-refractivity contribution in [3.05, 3.63) is 23.3 Å². The molecule has 0 saturated heterocycles. The molecule has 30 heavy (non-hydrogen) atoms. The molecule has 3 nitrogen and oxygen atoms in total. The molecule has 0 amide bonds. The zero-order chi connectivity index (χ0) is 21.9. The number of hydrogen-bond acceptors (Lipinski definition) is 3. The van der Waals surface area contributed by atoms with Gasteiger partial charge in [-0.05, 0) is 98.9 Å². The lowest BCUT2D eigenvalue weighted by Crippen LogP contribution is -2.50. The van der Waals surface area contributed by atoms with Gasteiger partial charge >= 0.3 is 0 Å². The molecule has 0 unspecified atom stereocenters. The van der Waals surface area contributed by atoms with Gasteiger partial charge < -0.3 is 15.3 Å². The van der Waals surface area contributed by atoms with Gasteiger partial charge in [0.25, 0.3) is 0 Å². The van der Waals surface area contributed by atoms with E-state index in [0.29, 0.717) is 29.6 Å². The summed E-state index contributed by atoms with van der Waals surface area (Å²) in [6, 6.07) is 0. The van der Waals surface area contributed by atoms with E-state index in [0.717, 1.165) is 30.8 Å². The lowest BCUT2D eigenvalue weighted by atomic mass is 9.49. The molecule has 0 bridgehead atoms. The van der Waals surface area contributed by atoms with E-state index in [1.54, 1.807) is 5.57 Å². The normalized spacial score (nSPS) is 44.5. The molecule has 8 atom stereocenters. The molecule has 0 aromatic carbocycles. The van der Waals surface area contributed by atoms with Crippen LogP contribution in [-0.2, 0) is 0 Å². The van der Waals surface area contributed by atoms with E-state index in [1.165, 1.54) is 32.1 Å². The molecule has 0 spiro atoms. The van der Waals surface area contributed by atoms with Gasteiger partial charge in [0, 0.05) is 0 Å². The van der Waals surface area contributed by atoms with Gasteiger partial charge in [-0.15, -0.1) is 0 Å². The van der Waals surface area contributed by atoms with Gasteiger partial charge in [-0.25, -0.2) is 0 Å². The number of allylic oxidation sites excluding steroid dienone is 3. The van der Waals surface area contributed by atoms with Crippen LogP contribution in [0.4, 0.5) is 0 Å². The van der Waals surface area contributed by atoms with Crippen molar-refractivity contribution in [2.45, 2.75) is 110 Å². The Bertz CT molecular complexity index is 716. The van der Waals surface area contributed by atoms with Crippen molar-refractivity contribution in [3.8, 4) is 0 Å². The van der Waals surface area contributed by atoms with Crippen LogP contribution in [0.2, 0.25) is 0 Å². The third-order valence-electron chi connectivity index (χ3n) is 9.85. The maximum absolute atomic E-state index is 10.7. The van der Waals surface area contributed by atoms with E-state index >= 15 is 0 Å². The van der Waals surface area contributed by atoms with Crippen molar-refractivity contribution in [1.29, 1.82) is 0 Å². The molecular weight excluding hydrogens is 372 g/mol. The SMILES string of the molecule is C[C@H](CCCC(C)(C)O)[C@H]1CC[C@H]2C3=CC=C4[C@@H](O)[C@@H](O)CC[C@]4(C)[C@H]3CC[C@]12C. The molecule has 3 N–H and O–H groups in total. The van der Waals surface area contributed by atoms with Gasteiger partial charge in [-0.1, -0.05) is 51.3 Å². The van der Waals surface area contributed by atoms with E-state index in [9.17, 15) is 15.3 Å². The molecule has 4 aliphatic carbocycles. The summed E-state index contributed by atoms with van der Waals surface area (Å²) >= 11 is 0. The summed E-state index contributed by atoms with van der Waals surface area (Å²) in [6.45, 7) is 11.2. The Kier molecular flexibility index (Phi) is 5.82. The van der Waals surface area contributed by atoms with Crippen LogP contribution in [0.25, 0.3) is 0 Å². The average molecular weight is 417 g/mol. The minimum absolute atomic E-state index is 0.0144. The van der Waals surface area contributed by atoms with Crippen molar-refractivity contribution >= 4 is 0 Å². The number of hydrogen-bond donors (Lipinski definition) is 3. The van der Waals surface area contributed by atoms with Gasteiger partial charge in [0.2, 0.25) is 0 Å². The zero-order valence-electron chi connectivity index (χ0n) is 19.8. The van der Waals surface area contributed by atoms with Crippen molar-refractivity contribution in [2.24, 2.45) is 34.5 Å². The van der Waals surface area contributed by atoms with E-state index in [1.807, 2.05) is 13.8 Å². The predicted octanol–water partition coefficient (Wildman–Crippen LogP) is 5.39. The van der Waals surface area contributed by atoms with Crippen LogP contribution >= 0.6 is 0 Å². The summed E-state index contributed by atoms with van der Waals surface area (Å²) in [6.07, 6.45) is 13.2. The highest BCUT2D eigenvalue weighted by Crippen LogP contribution is 2.66. The standard InChI is InChI=1S/C27H44O3/c1-17(7-6-14-25(2,3)30)19-10-11-20-18-8-9-22-24(29)23(28)13-16-27(22,5)21(18)12-15-26(19,20)4/h8-9,17,19-21,23-24,28-30H,6-7,10-16H2,1-5H3/t17-,19-,20+,21+,23+,24-,26-,27-/m1/s1. The second-order valence-electron chi connectivity index (χ2n) is 12.3. The molecule has 4 rings (SSSR count). The second kappa shape index (κ2) is 7.74. The maximum atomic E-state index is 10.7. The van der Waals surface area contributed by atoms with Gasteiger partial charge in [-0.3, -0.25) is 0 Å². The van der Waals surface area contributed by atoms with Crippen molar-refractivity contribution in [3.63, 3.8) is 0 Å². The first-order chi connectivity index (χ1) is 14.0. The van der Waals surface area contributed by atoms with Crippen LogP contribution < -0.4 is 0 Å². The molecule has 0 aromatic rings. The Hall–Kier alpha value is -0.640. The highest BCUT2D eigenvalue weighted by molar-refractivity contribution is 5.40. The fraction of sp³-hybridized carbons (Fsp3) is 0.852. The zero-order valence-corrected chi connectivity index (χ0v) is 19.8. The molecule has 3 saturated carbocycles. The van der Waals surface area contributed by atoms with Gasteiger partial charge in [0.15, 0.2) is 0 Å². The summed E-state index contributed by atoms with van der Waals surface area (Å²) in [5.74, 6) is 2.66. The molecule has 170 valence electrons. The van der Waals surface area contributed by atoms with Crippen LogP contribution in [0.5, 0.6) is 0 Å². The first-order valence-electron chi connectivity index (χ1n) is 12.5. The smallest absolute Gasteiger partial charge is 0.102 e. The first-order valence-corrected chi connectivity index (χ1v) is 12.5. The molecule has 0 aromatic heterocycles.